The summed E-state index contributed by atoms with van der Waals surface area (Å²) in [5, 5.41) is 8.51. The van der Waals surface area contributed by atoms with Gasteiger partial charge in [0.2, 0.25) is 11.8 Å². The minimum atomic E-state index is -0.780. The van der Waals surface area contributed by atoms with Crippen LogP contribution in [0.15, 0.2) is 0 Å². The van der Waals surface area contributed by atoms with Crippen molar-refractivity contribution in [3.05, 3.63) is 0 Å². The van der Waals surface area contributed by atoms with Gasteiger partial charge in [0.1, 0.15) is 0 Å². The molecule has 0 spiro atoms. The van der Waals surface area contributed by atoms with Crippen molar-refractivity contribution in [1.29, 1.82) is 0 Å². The van der Waals surface area contributed by atoms with E-state index in [-0.39, 0.29) is 35.3 Å². The number of imide groups is 1. The van der Waals surface area contributed by atoms with E-state index in [4.69, 9.17) is 5.11 Å². The third-order valence-corrected chi connectivity index (χ3v) is 5.14. The first-order valence-corrected chi connectivity index (χ1v) is 7.20. The summed E-state index contributed by atoms with van der Waals surface area (Å²) in [6.45, 7) is 2.21. The Labute approximate surface area is 110 Å². The lowest BCUT2D eigenvalue weighted by Crippen LogP contribution is -2.31. The monoisotopic (exact) mass is 271 g/mol. The first kappa shape index (κ1) is 13.4. The number of carboxylic acids is 1. The molecule has 2 aliphatic rings. The molecule has 1 heterocycles. The fourth-order valence-corrected chi connectivity index (χ4v) is 3.74. The molecular weight excluding hydrogens is 254 g/mol. The summed E-state index contributed by atoms with van der Waals surface area (Å²) < 4.78 is 0. The Bertz CT molecular complexity index is 392. The van der Waals surface area contributed by atoms with Crippen molar-refractivity contribution in [3.8, 4) is 0 Å². The van der Waals surface area contributed by atoms with Crippen LogP contribution in [-0.2, 0) is 14.4 Å². The number of carboxylic acid groups (broad SMARTS) is 1. The normalized spacial score (nSPS) is 25.6. The van der Waals surface area contributed by atoms with E-state index in [9.17, 15) is 14.4 Å². The number of nitrogens with zero attached hydrogens (tertiary/aromatic N) is 1. The molecule has 1 atom stereocenters. The average Bonchev–Trinajstić information content (AvgIpc) is 2.97. The Morgan fingerprint density at radius 1 is 1.50 bits per heavy atom. The summed E-state index contributed by atoms with van der Waals surface area (Å²) in [5.74, 6) is -0.334. The molecule has 1 N–H and O–H groups in total. The Morgan fingerprint density at radius 3 is 2.61 bits per heavy atom. The van der Waals surface area contributed by atoms with E-state index in [0.717, 1.165) is 12.8 Å². The second-order valence-electron chi connectivity index (χ2n) is 5.05. The molecule has 6 heteroatoms. The number of hydrogen-bond donors (Lipinski definition) is 1. The molecule has 18 heavy (non-hydrogen) atoms. The highest BCUT2D eigenvalue weighted by Crippen LogP contribution is 2.52. The van der Waals surface area contributed by atoms with Gasteiger partial charge in [0.25, 0.3) is 0 Å². The first-order valence-electron chi connectivity index (χ1n) is 6.15. The van der Waals surface area contributed by atoms with Crippen LogP contribution in [0.1, 0.15) is 32.6 Å². The largest absolute Gasteiger partial charge is 0.481 e. The number of aliphatic carboxylic acids is 1. The predicted molar refractivity (Wildman–Crippen MR) is 67.2 cm³/mol. The lowest BCUT2D eigenvalue weighted by Gasteiger charge is -2.15. The van der Waals surface area contributed by atoms with Crippen molar-refractivity contribution in [2.45, 2.75) is 37.9 Å². The molecule has 2 amide bonds. The van der Waals surface area contributed by atoms with Crippen LogP contribution >= 0.6 is 11.8 Å². The Hall–Kier alpha value is -1.04. The Balaban J connectivity index is 1.86. The van der Waals surface area contributed by atoms with Crippen molar-refractivity contribution in [2.24, 2.45) is 5.41 Å². The van der Waals surface area contributed by atoms with E-state index >= 15 is 0 Å². The number of thioether (sulfide) groups is 1. The van der Waals surface area contributed by atoms with Crippen LogP contribution in [0, 0.1) is 5.41 Å². The van der Waals surface area contributed by atoms with Gasteiger partial charge >= 0.3 is 5.97 Å². The Kier molecular flexibility index (Phi) is 3.66. The summed E-state index contributed by atoms with van der Waals surface area (Å²) in [6, 6.07) is 0. The molecule has 0 aromatic rings. The van der Waals surface area contributed by atoms with Crippen LogP contribution in [0.5, 0.6) is 0 Å². The smallest absolute Gasteiger partial charge is 0.303 e. The van der Waals surface area contributed by atoms with E-state index in [1.54, 1.807) is 6.92 Å². The summed E-state index contributed by atoms with van der Waals surface area (Å²) >= 11 is 1.45. The van der Waals surface area contributed by atoms with Gasteiger partial charge in [0.15, 0.2) is 0 Å². The number of hydrogen-bond acceptors (Lipinski definition) is 4. The van der Waals surface area contributed by atoms with Crippen LogP contribution in [-0.4, -0.2) is 45.3 Å². The topological polar surface area (TPSA) is 74.7 Å². The summed E-state index contributed by atoms with van der Waals surface area (Å²) in [6.07, 6.45) is 2.27. The van der Waals surface area contributed by atoms with Crippen molar-refractivity contribution in [2.75, 3.05) is 12.3 Å². The summed E-state index contributed by atoms with van der Waals surface area (Å²) in [4.78, 5) is 35.4. The molecule has 5 nitrogen and oxygen atoms in total. The van der Waals surface area contributed by atoms with Gasteiger partial charge < -0.3 is 5.11 Å². The summed E-state index contributed by atoms with van der Waals surface area (Å²) in [5.41, 5.74) is -0.126. The lowest BCUT2D eigenvalue weighted by molar-refractivity contribution is -0.139. The van der Waals surface area contributed by atoms with Crippen LogP contribution in [0.3, 0.4) is 0 Å². The molecule has 1 unspecified atom stereocenters. The predicted octanol–water partition coefficient (Wildman–Crippen LogP) is 1.12. The standard InChI is InChI=1S/C12H17NO4S/c1-2-13-9(14)5-8(11(13)17)18-7-12(3-4-12)6-10(15)16/h8H,2-7H2,1H3,(H,15,16). The third kappa shape index (κ3) is 2.68. The molecule has 100 valence electrons. The maximum Gasteiger partial charge on any atom is 0.303 e. The average molecular weight is 271 g/mol. The van der Waals surface area contributed by atoms with E-state index in [1.165, 1.54) is 16.7 Å². The zero-order chi connectivity index (χ0) is 13.3. The maximum absolute atomic E-state index is 11.9. The molecule has 0 radical (unpaired) electrons. The summed E-state index contributed by atoms with van der Waals surface area (Å²) in [7, 11) is 0. The molecule has 1 aliphatic carbocycles. The van der Waals surface area contributed by atoms with Crippen molar-refractivity contribution < 1.29 is 19.5 Å². The van der Waals surface area contributed by atoms with Gasteiger partial charge in [-0.1, -0.05) is 0 Å². The highest BCUT2D eigenvalue weighted by Gasteiger charge is 2.46. The molecule has 1 saturated carbocycles. The van der Waals surface area contributed by atoms with Crippen molar-refractivity contribution >= 4 is 29.5 Å². The molecule has 0 aromatic carbocycles. The minimum absolute atomic E-state index is 0.108. The fourth-order valence-electron chi connectivity index (χ4n) is 2.26. The molecule has 0 bridgehead atoms. The molecule has 2 fully saturated rings. The lowest BCUT2D eigenvalue weighted by atomic mass is 10.1. The van der Waals surface area contributed by atoms with Gasteiger partial charge in [0, 0.05) is 18.7 Å². The third-order valence-electron chi connectivity index (χ3n) is 3.59. The molecule has 1 saturated heterocycles. The van der Waals surface area contributed by atoms with E-state index < -0.39 is 5.97 Å². The molecule has 2 rings (SSSR count). The van der Waals surface area contributed by atoms with Gasteiger partial charge in [-0.25, -0.2) is 0 Å². The number of likely N-dealkylation sites (tertiary alicyclic amines) is 1. The molecular formula is C12H17NO4S. The maximum atomic E-state index is 11.9. The van der Waals surface area contributed by atoms with Gasteiger partial charge in [-0.3, -0.25) is 19.3 Å². The second kappa shape index (κ2) is 4.91. The van der Waals surface area contributed by atoms with E-state index in [1.807, 2.05) is 0 Å². The second-order valence-corrected chi connectivity index (χ2v) is 6.24. The highest BCUT2D eigenvalue weighted by molar-refractivity contribution is 8.00. The molecule has 1 aliphatic heterocycles. The van der Waals surface area contributed by atoms with Crippen LogP contribution in [0.2, 0.25) is 0 Å². The first-order chi connectivity index (χ1) is 8.47. The number of carbonyl (C=O) groups excluding carboxylic acids is 2. The van der Waals surface area contributed by atoms with E-state index in [0.29, 0.717) is 12.3 Å². The number of rotatable bonds is 6. The number of carbonyl (C=O) groups is 3. The Morgan fingerprint density at radius 2 is 2.17 bits per heavy atom. The van der Waals surface area contributed by atoms with Gasteiger partial charge in [-0.05, 0) is 25.2 Å². The van der Waals surface area contributed by atoms with Gasteiger partial charge in [0.05, 0.1) is 11.7 Å². The zero-order valence-electron chi connectivity index (χ0n) is 10.3. The van der Waals surface area contributed by atoms with Gasteiger partial charge in [-0.2, -0.15) is 0 Å². The van der Waals surface area contributed by atoms with Crippen LogP contribution in [0.4, 0.5) is 0 Å². The number of amides is 2. The zero-order valence-corrected chi connectivity index (χ0v) is 11.2. The fraction of sp³-hybridized carbons (Fsp3) is 0.750. The van der Waals surface area contributed by atoms with Crippen molar-refractivity contribution in [1.82, 2.24) is 4.90 Å². The highest BCUT2D eigenvalue weighted by atomic mass is 32.2. The molecule has 0 aromatic heterocycles. The minimum Gasteiger partial charge on any atom is -0.481 e. The van der Waals surface area contributed by atoms with Crippen molar-refractivity contribution in [3.63, 3.8) is 0 Å². The SMILES string of the molecule is CCN1C(=O)CC(SCC2(CC(=O)O)CC2)C1=O. The van der Waals surface area contributed by atoms with Crippen LogP contribution in [0.25, 0.3) is 0 Å². The van der Waals surface area contributed by atoms with E-state index in [2.05, 4.69) is 0 Å². The quantitative estimate of drug-likeness (QED) is 0.733. The van der Waals surface area contributed by atoms with Crippen LogP contribution < -0.4 is 0 Å². The van der Waals surface area contributed by atoms with Gasteiger partial charge in [-0.15, -0.1) is 11.8 Å².